The predicted molar refractivity (Wildman–Crippen MR) is 238 cm³/mol. The van der Waals surface area contributed by atoms with E-state index in [1.165, 1.54) is 60.1 Å². The minimum absolute atomic E-state index is 0.0798. The molecule has 0 amide bonds. The van der Waals surface area contributed by atoms with E-state index in [1.54, 1.807) is 0 Å². The topological polar surface area (TPSA) is 47.9 Å². The number of fused-ring (bicyclic) bond motifs is 11. The maximum Gasteiger partial charge on any atom is 0.164 e. The molecule has 12 rings (SSSR count). The highest BCUT2D eigenvalue weighted by Crippen LogP contribution is 2.50. The van der Waals surface area contributed by atoms with Gasteiger partial charge in [0.05, 0.1) is 0 Å². The number of benzene rings is 8. The van der Waals surface area contributed by atoms with E-state index in [2.05, 4.69) is 166 Å². The van der Waals surface area contributed by atoms with Crippen LogP contribution in [0.2, 0.25) is 0 Å². The molecule has 1 atom stereocenters. The Labute approximate surface area is 336 Å². The highest BCUT2D eigenvalue weighted by molar-refractivity contribution is 6.17. The lowest BCUT2D eigenvalue weighted by Crippen LogP contribution is -2.15. The van der Waals surface area contributed by atoms with Gasteiger partial charge in [0, 0.05) is 39.7 Å². The molecule has 0 fully saturated rings. The van der Waals surface area contributed by atoms with Gasteiger partial charge in [-0.25, -0.2) is 15.0 Å². The molecule has 3 aliphatic rings. The second kappa shape index (κ2) is 12.4. The van der Waals surface area contributed by atoms with Crippen molar-refractivity contribution in [1.82, 2.24) is 15.0 Å². The summed E-state index contributed by atoms with van der Waals surface area (Å²) in [6, 6.07) is 56.7. The SMILES string of the molecule is CC1(C)c2ccccc2-c2cc(-c3nc(C4=C5c6cc(-c7ccc8c(ccc9c%10ccccc%10ccc89)c7)ccc6OC5CC=C4)nc(-c4ccccc4)n3)ccc21. The van der Waals surface area contributed by atoms with Gasteiger partial charge in [0.2, 0.25) is 0 Å². The number of aromatic nitrogens is 3. The van der Waals surface area contributed by atoms with Gasteiger partial charge in [-0.15, -0.1) is 0 Å². The minimum atomic E-state index is -0.123. The van der Waals surface area contributed by atoms with Crippen molar-refractivity contribution in [3.8, 4) is 50.8 Å². The van der Waals surface area contributed by atoms with Crippen LogP contribution < -0.4 is 4.74 Å². The number of allylic oxidation sites excluding steroid dienone is 2. The Balaban J connectivity index is 0.992. The largest absolute Gasteiger partial charge is 0.485 e. The lowest BCUT2D eigenvalue weighted by Gasteiger charge is -2.21. The number of nitrogens with zero attached hydrogens (tertiary/aromatic N) is 3. The van der Waals surface area contributed by atoms with Crippen molar-refractivity contribution in [3.05, 3.63) is 192 Å². The van der Waals surface area contributed by atoms with Crippen molar-refractivity contribution in [3.63, 3.8) is 0 Å². The molecule has 9 aromatic rings. The summed E-state index contributed by atoms with van der Waals surface area (Å²) < 4.78 is 6.66. The van der Waals surface area contributed by atoms with Crippen LogP contribution in [0.5, 0.6) is 5.75 Å². The fourth-order valence-electron chi connectivity index (χ4n) is 9.70. The molecule has 4 heteroatoms. The van der Waals surface area contributed by atoms with Gasteiger partial charge in [-0.3, -0.25) is 0 Å². The van der Waals surface area contributed by atoms with Crippen LogP contribution in [0, 0.1) is 0 Å². The average molecular weight is 744 g/mol. The third kappa shape index (κ3) is 4.98. The maximum absolute atomic E-state index is 6.66. The zero-order valence-corrected chi connectivity index (χ0v) is 32.2. The molecule has 274 valence electrons. The summed E-state index contributed by atoms with van der Waals surface area (Å²) in [6.07, 6.45) is 5.02. The van der Waals surface area contributed by atoms with Gasteiger partial charge in [-0.2, -0.15) is 0 Å². The number of ether oxygens (including phenoxy) is 1. The van der Waals surface area contributed by atoms with Gasteiger partial charge in [0.1, 0.15) is 11.9 Å². The summed E-state index contributed by atoms with van der Waals surface area (Å²) in [7, 11) is 0. The Kier molecular flexibility index (Phi) is 7.07. The first-order chi connectivity index (χ1) is 28.5. The second-order valence-electron chi connectivity index (χ2n) is 16.3. The molecule has 1 unspecified atom stereocenters. The molecule has 0 N–H and O–H groups in total. The van der Waals surface area contributed by atoms with Gasteiger partial charge in [-0.1, -0.05) is 159 Å². The number of hydrogen-bond acceptors (Lipinski definition) is 4. The lowest BCUT2D eigenvalue weighted by atomic mass is 9.82. The van der Waals surface area contributed by atoms with Gasteiger partial charge < -0.3 is 4.74 Å². The van der Waals surface area contributed by atoms with Crippen LogP contribution in [0.25, 0.3) is 88.5 Å². The quantitative estimate of drug-likeness (QED) is 0.168. The molecule has 0 saturated carbocycles. The van der Waals surface area contributed by atoms with E-state index in [4.69, 9.17) is 19.7 Å². The molecule has 2 heterocycles. The van der Waals surface area contributed by atoms with E-state index in [9.17, 15) is 0 Å². The highest BCUT2D eigenvalue weighted by Gasteiger charge is 2.36. The molecule has 0 spiro atoms. The summed E-state index contributed by atoms with van der Waals surface area (Å²) in [4.78, 5) is 15.6. The Morgan fingerprint density at radius 2 is 1.12 bits per heavy atom. The summed E-state index contributed by atoms with van der Waals surface area (Å²) in [5.41, 5.74) is 12.5. The van der Waals surface area contributed by atoms with E-state index in [1.807, 2.05) is 18.2 Å². The molecule has 2 aliphatic carbocycles. The molecule has 0 saturated heterocycles. The monoisotopic (exact) mass is 743 g/mol. The second-order valence-corrected chi connectivity index (χ2v) is 16.3. The van der Waals surface area contributed by atoms with E-state index >= 15 is 0 Å². The first kappa shape index (κ1) is 33.0. The summed E-state index contributed by atoms with van der Waals surface area (Å²) in [6.45, 7) is 4.61. The van der Waals surface area contributed by atoms with E-state index in [0.29, 0.717) is 17.5 Å². The van der Waals surface area contributed by atoms with Crippen LogP contribution in [0.15, 0.2) is 170 Å². The van der Waals surface area contributed by atoms with E-state index in [0.717, 1.165) is 45.6 Å². The molecule has 4 nitrogen and oxygen atoms in total. The fraction of sp³-hybridized carbons (Fsp3) is 0.0926. The van der Waals surface area contributed by atoms with E-state index < -0.39 is 0 Å². The Morgan fingerprint density at radius 3 is 2.00 bits per heavy atom. The molecule has 1 aliphatic heterocycles. The number of rotatable bonds is 4. The molecular weight excluding hydrogens is 707 g/mol. The maximum atomic E-state index is 6.66. The third-order valence-corrected chi connectivity index (χ3v) is 12.6. The molecule has 8 aromatic carbocycles. The molecule has 58 heavy (non-hydrogen) atoms. The predicted octanol–water partition coefficient (Wildman–Crippen LogP) is 13.3. The van der Waals surface area contributed by atoms with Crippen molar-refractivity contribution >= 4 is 43.5 Å². The van der Waals surface area contributed by atoms with Gasteiger partial charge in [0.15, 0.2) is 17.5 Å². The molecule has 0 radical (unpaired) electrons. The van der Waals surface area contributed by atoms with Crippen LogP contribution in [0.3, 0.4) is 0 Å². The normalized spacial score (nSPS) is 16.0. The minimum Gasteiger partial charge on any atom is -0.485 e. The van der Waals surface area contributed by atoms with Crippen molar-refractivity contribution < 1.29 is 4.74 Å². The van der Waals surface area contributed by atoms with Crippen LogP contribution in [0.1, 0.15) is 42.8 Å². The summed E-state index contributed by atoms with van der Waals surface area (Å²) in [5, 5.41) is 7.59. The van der Waals surface area contributed by atoms with Gasteiger partial charge >= 0.3 is 0 Å². The first-order valence-electron chi connectivity index (χ1n) is 20.1. The van der Waals surface area contributed by atoms with Crippen molar-refractivity contribution in [1.29, 1.82) is 0 Å². The zero-order chi connectivity index (χ0) is 38.5. The van der Waals surface area contributed by atoms with Crippen LogP contribution in [-0.4, -0.2) is 21.1 Å². The standard InChI is InChI=1S/C54H37N3O/c1-54(2)46-17-9-8-15-42(46)44-31-37(22-27-47(44)54)52-55-51(33-12-4-3-5-13-33)56-53(57-52)43-16-10-18-49-50(43)45-30-35(23-28-48(45)58-49)34-20-24-39-36(29-34)21-26-40-38-14-7-6-11-32(38)19-25-41(39)40/h3-17,19-31,49H,18H2,1-2H3. The average Bonchev–Trinajstić information content (AvgIpc) is 3.77. The van der Waals surface area contributed by atoms with Crippen LogP contribution in [0.4, 0.5) is 0 Å². The third-order valence-electron chi connectivity index (χ3n) is 12.6. The summed E-state index contributed by atoms with van der Waals surface area (Å²) in [5.74, 6) is 2.84. The van der Waals surface area contributed by atoms with Crippen molar-refractivity contribution in [2.45, 2.75) is 31.8 Å². The molecule has 1 aromatic heterocycles. The van der Waals surface area contributed by atoms with Crippen LogP contribution in [-0.2, 0) is 5.41 Å². The van der Waals surface area contributed by atoms with E-state index in [-0.39, 0.29) is 11.5 Å². The van der Waals surface area contributed by atoms with Gasteiger partial charge in [0.25, 0.3) is 0 Å². The smallest absolute Gasteiger partial charge is 0.164 e. The first-order valence-corrected chi connectivity index (χ1v) is 20.1. The lowest BCUT2D eigenvalue weighted by molar-refractivity contribution is 0.279. The fourth-order valence-corrected chi connectivity index (χ4v) is 9.70. The molecular formula is C54H37N3O. The Hall–Kier alpha value is -7.17. The Morgan fingerprint density at radius 1 is 0.483 bits per heavy atom. The van der Waals surface area contributed by atoms with Gasteiger partial charge in [-0.05, 0) is 90.0 Å². The van der Waals surface area contributed by atoms with Crippen molar-refractivity contribution in [2.75, 3.05) is 0 Å². The highest BCUT2D eigenvalue weighted by atomic mass is 16.5. The number of hydrogen-bond donors (Lipinski definition) is 0. The molecule has 0 bridgehead atoms. The van der Waals surface area contributed by atoms with Crippen molar-refractivity contribution in [2.24, 2.45) is 0 Å². The Bertz CT molecular complexity index is 3270. The van der Waals surface area contributed by atoms with Crippen LogP contribution >= 0.6 is 0 Å². The summed E-state index contributed by atoms with van der Waals surface area (Å²) >= 11 is 0. The zero-order valence-electron chi connectivity index (χ0n) is 32.2.